The lowest BCUT2D eigenvalue weighted by atomic mass is 9.92. The Balaban J connectivity index is 1.66. The molecule has 0 spiro atoms. The van der Waals surface area contributed by atoms with Gasteiger partial charge in [-0.3, -0.25) is 4.79 Å². The van der Waals surface area contributed by atoms with Crippen molar-refractivity contribution in [3.05, 3.63) is 33.9 Å². The first kappa shape index (κ1) is 21.4. The molecule has 1 fully saturated rings. The molecule has 0 aromatic heterocycles. The van der Waals surface area contributed by atoms with Crippen molar-refractivity contribution in [2.45, 2.75) is 63.8 Å². The summed E-state index contributed by atoms with van der Waals surface area (Å²) in [6.45, 7) is 4.53. The third-order valence-electron chi connectivity index (χ3n) is 5.79. The highest BCUT2D eigenvalue weighted by molar-refractivity contribution is 6.02. The van der Waals surface area contributed by atoms with Crippen LogP contribution in [0.4, 0.5) is 0 Å². The molecule has 28 heavy (non-hydrogen) atoms. The molecule has 156 valence electrons. The lowest BCUT2D eigenvalue weighted by Crippen LogP contribution is -2.60. The lowest BCUT2D eigenvalue weighted by molar-refractivity contribution is -0.305. The van der Waals surface area contributed by atoms with Gasteiger partial charge in [0.2, 0.25) is 0 Å². The predicted octanol–water partition coefficient (Wildman–Crippen LogP) is 1.10. The number of hydrogen-bond acceptors (Lipinski definition) is 7. The van der Waals surface area contributed by atoms with E-state index in [1.165, 1.54) is 14.2 Å². The van der Waals surface area contributed by atoms with Crippen LogP contribution in [0.25, 0.3) is 0 Å². The van der Waals surface area contributed by atoms with E-state index in [1.807, 2.05) is 13.8 Å². The minimum Gasteiger partial charge on any atom is -0.387 e. The second-order valence-corrected chi connectivity index (χ2v) is 7.55. The van der Waals surface area contributed by atoms with Gasteiger partial charge in [-0.1, -0.05) is 6.07 Å². The molecule has 1 aromatic carbocycles. The van der Waals surface area contributed by atoms with Gasteiger partial charge in [0.15, 0.2) is 12.1 Å². The molecule has 7 heteroatoms. The first-order valence-electron chi connectivity index (χ1n) is 9.69. The zero-order chi connectivity index (χ0) is 20.4. The van der Waals surface area contributed by atoms with Gasteiger partial charge in [0.25, 0.3) is 0 Å². The van der Waals surface area contributed by atoms with Crippen LogP contribution in [0, 0.1) is 13.8 Å². The topological polar surface area (TPSA) is 94.5 Å². The number of fused-ring (bicyclic) bond motifs is 1. The number of Topliss-reactive ketones (excluding diaryl/α,β-unsaturated/α-hetero) is 1. The van der Waals surface area contributed by atoms with E-state index in [0.717, 1.165) is 34.2 Å². The molecule has 0 bridgehead atoms. The van der Waals surface area contributed by atoms with Crippen molar-refractivity contribution in [1.82, 2.24) is 0 Å². The largest absolute Gasteiger partial charge is 0.387 e. The third kappa shape index (κ3) is 4.01. The van der Waals surface area contributed by atoms with Gasteiger partial charge in [-0.2, -0.15) is 0 Å². The van der Waals surface area contributed by atoms with Gasteiger partial charge in [-0.25, -0.2) is 0 Å². The SMILES string of the molecule is COCC1OC(OCCc2c(C)cc3c(c2C)C(=O)CC3)C(O)C(O)C1OC. The number of methoxy groups -OCH3 is 2. The molecule has 5 unspecified atom stereocenters. The van der Waals surface area contributed by atoms with E-state index in [-0.39, 0.29) is 12.4 Å². The fourth-order valence-electron chi connectivity index (χ4n) is 4.36. The van der Waals surface area contributed by atoms with E-state index in [2.05, 4.69) is 6.07 Å². The summed E-state index contributed by atoms with van der Waals surface area (Å²) in [5, 5.41) is 20.6. The number of ketones is 1. The van der Waals surface area contributed by atoms with E-state index >= 15 is 0 Å². The number of aryl methyl sites for hydroxylation is 2. The second-order valence-electron chi connectivity index (χ2n) is 7.55. The minimum absolute atomic E-state index is 0.205. The van der Waals surface area contributed by atoms with Crippen molar-refractivity contribution in [2.24, 2.45) is 0 Å². The molecule has 1 aromatic rings. The molecule has 1 aliphatic heterocycles. The summed E-state index contributed by atoms with van der Waals surface area (Å²) in [4.78, 5) is 12.2. The molecule has 1 heterocycles. The van der Waals surface area contributed by atoms with Crippen molar-refractivity contribution in [1.29, 1.82) is 0 Å². The summed E-state index contributed by atoms with van der Waals surface area (Å²) in [7, 11) is 2.98. The Hall–Kier alpha value is -1.35. The Morgan fingerprint density at radius 2 is 1.93 bits per heavy atom. The van der Waals surface area contributed by atoms with Gasteiger partial charge >= 0.3 is 0 Å². The van der Waals surface area contributed by atoms with Gasteiger partial charge in [0, 0.05) is 26.2 Å². The van der Waals surface area contributed by atoms with Gasteiger partial charge in [0.05, 0.1) is 13.2 Å². The monoisotopic (exact) mass is 394 g/mol. The standard InChI is InChI=1S/C21H30O7/c1-11-9-13-5-6-15(22)17(13)12(2)14(11)7-8-27-21-19(24)18(23)20(26-4)16(28-21)10-25-3/h9,16,18-21,23-24H,5-8,10H2,1-4H3. The summed E-state index contributed by atoms with van der Waals surface area (Å²) >= 11 is 0. The molecular weight excluding hydrogens is 364 g/mol. The van der Waals surface area contributed by atoms with Crippen LogP contribution >= 0.6 is 0 Å². The van der Waals surface area contributed by atoms with E-state index in [0.29, 0.717) is 19.4 Å². The first-order valence-corrected chi connectivity index (χ1v) is 9.69. The summed E-state index contributed by atoms with van der Waals surface area (Å²) in [5.74, 6) is 0.205. The van der Waals surface area contributed by atoms with Gasteiger partial charge < -0.3 is 29.2 Å². The zero-order valence-electron chi connectivity index (χ0n) is 16.9. The van der Waals surface area contributed by atoms with Crippen LogP contribution in [0.3, 0.4) is 0 Å². The minimum atomic E-state index is -1.22. The summed E-state index contributed by atoms with van der Waals surface area (Å²) in [6.07, 6.45) is -2.58. The van der Waals surface area contributed by atoms with E-state index in [4.69, 9.17) is 18.9 Å². The van der Waals surface area contributed by atoms with Crippen LogP contribution in [0.15, 0.2) is 6.07 Å². The average Bonchev–Trinajstić information content (AvgIpc) is 3.02. The van der Waals surface area contributed by atoms with Crippen molar-refractivity contribution < 1.29 is 34.0 Å². The molecule has 0 saturated carbocycles. The fraction of sp³-hybridized carbons (Fsp3) is 0.667. The van der Waals surface area contributed by atoms with Crippen molar-refractivity contribution in [2.75, 3.05) is 27.4 Å². The Kier molecular flexibility index (Phi) is 6.85. The zero-order valence-corrected chi connectivity index (χ0v) is 16.9. The van der Waals surface area contributed by atoms with Crippen LogP contribution < -0.4 is 0 Å². The molecule has 2 aliphatic rings. The quantitative estimate of drug-likeness (QED) is 0.715. The maximum atomic E-state index is 12.2. The number of benzene rings is 1. The fourth-order valence-corrected chi connectivity index (χ4v) is 4.36. The number of carbonyl (C=O) groups is 1. The number of hydrogen-bond donors (Lipinski definition) is 2. The Morgan fingerprint density at radius 3 is 2.61 bits per heavy atom. The first-order chi connectivity index (χ1) is 13.4. The lowest BCUT2D eigenvalue weighted by Gasteiger charge is -2.41. The van der Waals surface area contributed by atoms with Crippen LogP contribution in [0.1, 0.15) is 39.0 Å². The predicted molar refractivity (Wildman–Crippen MR) is 102 cm³/mol. The highest BCUT2D eigenvalue weighted by atomic mass is 16.7. The smallest absolute Gasteiger partial charge is 0.186 e. The number of ether oxygens (including phenoxy) is 4. The number of aliphatic hydroxyl groups is 2. The normalized spacial score (nSPS) is 29.9. The Labute approximate surface area is 165 Å². The third-order valence-corrected chi connectivity index (χ3v) is 5.79. The number of aliphatic hydroxyl groups excluding tert-OH is 2. The molecule has 1 aliphatic carbocycles. The molecule has 3 rings (SSSR count). The Bertz CT molecular complexity index is 717. The maximum Gasteiger partial charge on any atom is 0.186 e. The van der Waals surface area contributed by atoms with Crippen molar-refractivity contribution in [3.63, 3.8) is 0 Å². The molecule has 0 radical (unpaired) electrons. The van der Waals surface area contributed by atoms with Gasteiger partial charge in [-0.05, 0) is 48.9 Å². The molecule has 7 nitrogen and oxygen atoms in total. The van der Waals surface area contributed by atoms with Crippen molar-refractivity contribution >= 4 is 5.78 Å². The molecular formula is C21H30O7. The summed E-state index contributed by atoms with van der Waals surface area (Å²) in [6, 6.07) is 2.09. The Morgan fingerprint density at radius 1 is 1.18 bits per heavy atom. The van der Waals surface area contributed by atoms with E-state index in [9.17, 15) is 15.0 Å². The average molecular weight is 394 g/mol. The molecule has 0 amide bonds. The number of rotatable bonds is 7. The van der Waals surface area contributed by atoms with Crippen molar-refractivity contribution in [3.8, 4) is 0 Å². The van der Waals surface area contributed by atoms with Gasteiger partial charge in [-0.15, -0.1) is 0 Å². The summed E-state index contributed by atoms with van der Waals surface area (Å²) in [5.41, 5.74) is 5.22. The summed E-state index contributed by atoms with van der Waals surface area (Å²) < 4.78 is 21.9. The highest BCUT2D eigenvalue weighted by Crippen LogP contribution is 2.30. The molecule has 5 atom stereocenters. The van der Waals surface area contributed by atoms with E-state index < -0.39 is 30.7 Å². The maximum absolute atomic E-state index is 12.2. The molecule has 2 N–H and O–H groups in total. The molecule has 1 saturated heterocycles. The highest BCUT2D eigenvalue weighted by Gasteiger charge is 2.45. The van der Waals surface area contributed by atoms with Crippen LogP contribution in [-0.2, 0) is 31.8 Å². The van der Waals surface area contributed by atoms with E-state index in [1.54, 1.807) is 0 Å². The number of carbonyl (C=O) groups excluding carboxylic acids is 1. The van der Waals surface area contributed by atoms with Crippen LogP contribution in [0.2, 0.25) is 0 Å². The second kappa shape index (κ2) is 8.98. The van der Waals surface area contributed by atoms with Crippen LogP contribution in [0.5, 0.6) is 0 Å². The van der Waals surface area contributed by atoms with Gasteiger partial charge in [0.1, 0.15) is 24.4 Å². The van der Waals surface area contributed by atoms with Crippen LogP contribution in [-0.4, -0.2) is 74.1 Å².